The highest BCUT2D eigenvalue weighted by Gasteiger charge is 2.38. The summed E-state index contributed by atoms with van der Waals surface area (Å²) in [5, 5.41) is 9.73. The Labute approximate surface area is 191 Å². The van der Waals surface area contributed by atoms with Crippen molar-refractivity contribution in [1.82, 2.24) is 15.3 Å². The molecule has 33 heavy (non-hydrogen) atoms. The van der Waals surface area contributed by atoms with Gasteiger partial charge in [0, 0.05) is 31.4 Å². The van der Waals surface area contributed by atoms with E-state index in [9.17, 15) is 4.79 Å². The molecule has 1 amide bonds. The number of carbonyl (C=O) groups excluding carboxylic acids is 1. The highest BCUT2D eigenvalue weighted by atomic mass is 16.5. The number of hydrogen-bond acceptors (Lipinski definition) is 8. The summed E-state index contributed by atoms with van der Waals surface area (Å²) in [7, 11) is 0. The topological polar surface area (TPSA) is 105 Å². The molecule has 9 nitrogen and oxygen atoms in total. The van der Waals surface area contributed by atoms with Gasteiger partial charge in [0.2, 0.25) is 5.95 Å². The van der Waals surface area contributed by atoms with Crippen molar-refractivity contribution < 1.29 is 13.9 Å². The fourth-order valence-electron chi connectivity index (χ4n) is 5.05. The molecule has 0 radical (unpaired) electrons. The predicted octanol–water partition coefficient (Wildman–Crippen LogP) is 3.66. The fourth-order valence-corrected chi connectivity index (χ4v) is 5.05. The summed E-state index contributed by atoms with van der Waals surface area (Å²) in [5.41, 5.74) is 2.41. The molecule has 5 heterocycles. The molecule has 2 saturated heterocycles. The number of hydrogen-bond donors (Lipinski definition) is 3. The van der Waals surface area contributed by atoms with Gasteiger partial charge in [-0.15, -0.1) is 0 Å². The molecule has 3 N–H and O–H groups in total. The maximum atomic E-state index is 12.3. The Bertz CT molecular complexity index is 1220. The van der Waals surface area contributed by atoms with Gasteiger partial charge in [-0.05, 0) is 63.3 Å². The van der Waals surface area contributed by atoms with Crippen molar-refractivity contribution in [2.24, 2.45) is 5.41 Å². The Hall–Kier alpha value is -3.33. The number of ether oxygens (including phenoxy) is 1. The van der Waals surface area contributed by atoms with E-state index in [0.717, 1.165) is 61.6 Å². The number of piperidine rings is 1. The standard InChI is InChI=1S/C24H28N6O3/c1-23(2)21(31)27-17-13-15(3-4-18(17)33-23)26-22-28-16-5-12-32-19(16)20(29-22)30-10-7-24(8-11-30)6-9-25-14-24/h3-5,12-13,25H,6-11,14H2,1-2H3,(H,27,31)(H,26,28,29). The van der Waals surface area contributed by atoms with Gasteiger partial charge in [-0.1, -0.05) is 0 Å². The Morgan fingerprint density at radius 2 is 1.97 bits per heavy atom. The third-order valence-electron chi connectivity index (χ3n) is 7.14. The van der Waals surface area contributed by atoms with Crippen LogP contribution >= 0.6 is 0 Å². The number of nitrogens with one attached hydrogen (secondary N) is 3. The van der Waals surface area contributed by atoms with Crippen LogP contribution in [-0.2, 0) is 4.79 Å². The molecule has 6 rings (SSSR count). The molecule has 1 spiro atoms. The van der Waals surface area contributed by atoms with Crippen LogP contribution in [0, 0.1) is 5.41 Å². The van der Waals surface area contributed by atoms with Crippen molar-refractivity contribution in [2.45, 2.75) is 38.7 Å². The van der Waals surface area contributed by atoms with Gasteiger partial charge in [-0.25, -0.2) is 4.98 Å². The smallest absolute Gasteiger partial charge is 0.268 e. The first kappa shape index (κ1) is 20.3. The fraction of sp³-hybridized carbons (Fsp3) is 0.458. The summed E-state index contributed by atoms with van der Waals surface area (Å²) in [6.45, 7) is 7.63. The van der Waals surface area contributed by atoms with E-state index in [-0.39, 0.29) is 5.91 Å². The van der Waals surface area contributed by atoms with Gasteiger partial charge in [-0.2, -0.15) is 4.98 Å². The third-order valence-corrected chi connectivity index (χ3v) is 7.14. The summed E-state index contributed by atoms with van der Waals surface area (Å²) in [6.07, 6.45) is 5.21. The lowest BCUT2D eigenvalue weighted by Crippen LogP contribution is -2.45. The minimum Gasteiger partial charge on any atom is -0.476 e. The summed E-state index contributed by atoms with van der Waals surface area (Å²) in [6, 6.07) is 7.44. The van der Waals surface area contributed by atoms with E-state index in [0.29, 0.717) is 22.8 Å². The number of rotatable bonds is 3. The second kappa shape index (κ2) is 7.34. The second-order valence-corrected chi connectivity index (χ2v) is 9.82. The number of aromatic nitrogens is 2. The molecule has 0 unspecified atom stereocenters. The van der Waals surface area contributed by atoms with Gasteiger partial charge >= 0.3 is 0 Å². The molecule has 2 aromatic heterocycles. The van der Waals surface area contributed by atoms with Gasteiger partial charge < -0.3 is 30.0 Å². The molecule has 0 bridgehead atoms. The number of furan rings is 1. The Balaban J connectivity index is 1.27. The first-order chi connectivity index (χ1) is 15.9. The SMILES string of the molecule is CC1(C)Oc2ccc(Nc3nc(N4CCC5(CCNC5)CC4)c4occc4n3)cc2NC1=O. The number of nitrogens with zero attached hydrogens (tertiary/aromatic N) is 3. The Kier molecular flexibility index (Phi) is 4.52. The lowest BCUT2D eigenvalue weighted by Gasteiger charge is -2.39. The molecule has 3 aliphatic rings. The minimum atomic E-state index is -0.895. The minimum absolute atomic E-state index is 0.175. The molecule has 1 aromatic carbocycles. The molecule has 2 fully saturated rings. The first-order valence-electron chi connectivity index (χ1n) is 11.5. The van der Waals surface area contributed by atoms with Crippen molar-refractivity contribution in [1.29, 1.82) is 0 Å². The zero-order valence-electron chi connectivity index (χ0n) is 18.9. The zero-order valence-corrected chi connectivity index (χ0v) is 18.9. The van der Waals surface area contributed by atoms with Crippen LogP contribution in [0.15, 0.2) is 34.9 Å². The third kappa shape index (κ3) is 3.56. The molecule has 3 aromatic rings. The van der Waals surface area contributed by atoms with Crippen LogP contribution in [-0.4, -0.2) is 47.7 Å². The van der Waals surface area contributed by atoms with E-state index in [1.165, 1.54) is 6.42 Å². The molecule has 9 heteroatoms. The summed E-state index contributed by atoms with van der Waals surface area (Å²) >= 11 is 0. The van der Waals surface area contributed by atoms with E-state index in [1.807, 2.05) is 24.3 Å². The second-order valence-electron chi connectivity index (χ2n) is 9.82. The van der Waals surface area contributed by atoms with Crippen LogP contribution < -0.4 is 25.6 Å². The average molecular weight is 449 g/mol. The molecule has 3 aliphatic heterocycles. The van der Waals surface area contributed by atoms with E-state index < -0.39 is 5.60 Å². The molecular weight excluding hydrogens is 420 g/mol. The highest BCUT2D eigenvalue weighted by molar-refractivity contribution is 6.00. The quantitative estimate of drug-likeness (QED) is 0.558. The Morgan fingerprint density at radius 1 is 1.12 bits per heavy atom. The van der Waals surface area contributed by atoms with Gasteiger partial charge in [-0.3, -0.25) is 4.79 Å². The predicted molar refractivity (Wildman–Crippen MR) is 126 cm³/mol. The lowest BCUT2D eigenvalue weighted by atomic mass is 9.78. The van der Waals surface area contributed by atoms with E-state index in [1.54, 1.807) is 20.1 Å². The lowest BCUT2D eigenvalue weighted by molar-refractivity contribution is -0.129. The zero-order chi connectivity index (χ0) is 22.6. The van der Waals surface area contributed by atoms with Crippen molar-refractivity contribution in [3.63, 3.8) is 0 Å². The Morgan fingerprint density at radius 3 is 2.76 bits per heavy atom. The van der Waals surface area contributed by atoms with Crippen LogP contribution in [0.5, 0.6) is 5.75 Å². The molecule has 0 aliphatic carbocycles. The van der Waals surface area contributed by atoms with Crippen LogP contribution in [0.25, 0.3) is 11.1 Å². The van der Waals surface area contributed by atoms with Crippen molar-refractivity contribution in [2.75, 3.05) is 41.7 Å². The molecule has 0 saturated carbocycles. The van der Waals surface area contributed by atoms with Crippen LogP contribution in [0.1, 0.15) is 33.1 Å². The largest absolute Gasteiger partial charge is 0.476 e. The molecule has 0 atom stereocenters. The van der Waals surface area contributed by atoms with Crippen molar-refractivity contribution in [3.8, 4) is 5.75 Å². The molecular formula is C24H28N6O3. The number of carbonyl (C=O) groups is 1. The summed E-state index contributed by atoms with van der Waals surface area (Å²) in [5.74, 6) is 1.78. The van der Waals surface area contributed by atoms with Crippen molar-refractivity contribution in [3.05, 3.63) is 30.5 Å². The van der Waals surface area contributed by atoms with Crippen LogP contribution in [0.2, 0.25) is 0 Å². The monoisotopic (exact) mass is 448 g/mol. The number of amides is 1. The van der Waals surface area contributed by atoms with E-state index >= 15 is 0 Å². The van der Waals surface area contributed by atoms with E-state index in [2.05, 4.69) is 25.8 Å². The van der Waals surface area contributed by atoms with Gasteiger partial charge in [0.15, 0.2) is 17.0 Å². The summed E-state index contributed by atoms with van der Waals surface area (Å²) in [4.78, 5) is 24.1. The van der Waals surface area contributed by atoms with Gasteiger partial charge in [0.1, 0.15) is 11.3 Å². The normalized spacial score (nSPS) is 21.0. The maximum absolute atomic E-state index is 12.3. The maximum Gasteiger partial charge on any atom is 0.268 e. The van der Waals surface area contributed by atoms with Crippen LogP contribution in [0.4, 0.5) is 23.1 Å². The average Bonchev–Trinajstić information content (AvgIpc) is 3.45. The van der Waals surface area contributed by atoms with Gasteiger partial charge in [0.05, 0.1) is 12.0 Å². The molecule has 172 valence electrons. The van der Waals surface area contributed by atoms with Gasteiger partial charge in [0.25, 0.3) is 5.91 Å². The number of anilines is 4. The van der Waals surface area contributed by atoms with Crippen molar-refractivity contribution >= 4 is 40.1 Å². The summed E-state index contributed by atoms with van der Waals surface area (Å²) < 4.78 is 11.6. The first-order valence-corrected chi connectivity index (χ1v) is 11.5. The highest BCUT2D eigenvalue weighted by Crippen LogP contribution is 2.40. The number of benzene rings is 1. The van der Waals surface area contributed by atoms with E-state index in [4.69, 9.17) is 14.1 Å². The van der Waals surface area contributed by atoms with Crippen LogP contribution in [0.3, 0.4) is 0 Å². The number of fused-ring (bicyclic) bond motifs is 2.